The maximum absolute atomic E-state index is 2.08. The molecule has 0 N–H and O–H groups in total. The van der Waals surface area contributed by atoms with Crippen molar-refractivity contribution in [3.05, 3.63) is 35.9 Å². The van der Waals surface area contributed by atoms with Crippen molar-refractivity contribution in [1.82, 2.24) is 0 Å². The van der Waals surface area contributed by atoms with Crippen LogP contribution in [0.1, 0.15) is 5.56 Å². The molecular formula is C7H8Li+. The molecule has 0 aliphatic rings. The average Bonchev–Trinajstić information content (AvgIpc) is 1.69. The summed E-state index contributed by atoms with van der Waals surface area (Å²) in [7, 11) is 0. The standard InChI is InChI=1S/C7H8.Li/c1-7-5-3-2-4-6-7;/h2-6H,1H3;/q;+1. The molecule has 1 heteroatoms. The number of benzene rings is 1. The Hall–Kier alpha value is -0.183. The molecule has 0 saturated heterocycles. The van der Waals surface area contributed by atoms with Gasteiger partial charge in [0.15, 0.2) is 0 Å². The Morgan fingerprint density at radius 3 is 1.75 bits per heavy atom. The van der Waals surface area contributed by atoms with E-state index in [-0.39, 0.29) is 18.9 Å². The summed E-state index contributed by atoms with van der Waals surface area (Å²) in [6.45, 7) is 2.08. The molecule has 36 valence electrons. The molecule has 0 fully saturated rings. The molecule has 0 aromatic heterocycles. The van der Waals surface area contributed by atoms with E-state index in [2.05, 4.69) is 19.1 Å². The monoisotopic (exact) mass is 99.1 g/mol. The third-order valence-electron chi connectivity index (χ3n) is 0.940. The maximum atomic E-state index is 2.08. The van der Waals surface area contributed by atoms with E-state index in [4.69, 9.17) is 0 Å². The van der Waals surface area contributed by atoms with Crippen molar-refractivity contribution < 1.29 is 18.9 Å². The van der Waals surface area contributed by atoms with Crippen LogP contribution in [-0.2, 0) is 0 Å². The van der Waals surface area contributed by atoms with Gasteiger partial charge in [-0.2, -0.15) is 0 Å². The van der Waals surface area contributed by atoms with Crippen LogP contribution >= 0.6 is 0 Å². The van der Waals surface area contributed by atoms with Gasteiger partial charge in [0.05, 0.1) is 0 Å². The smallest absolute Gasteiger partial charge is 0.0622 e. The Kier molecular flexibility index (Phi) is 3.69. The van der Waals surface area contributed by atoms with Gasteiger partial charge in [0, 0.05) is 0 Å². The minimum absolute atomic E-state index is 0. The van der Waals surface area contributed by atoms with Gasteiger partial charge in [-0.15, -0.1) is 0 Å². The Labute approximate surface area is 62.1 Å². The zero-order valence-electron chi connectivity index (χ0n) is 5.39. The zero-order chi connectivity index (χ0) is 5.11. The van der Waals surface area contributed by atoms with Gasteiger partial charge in [0.25, 0.3) is 0 Å². The molecule has 0 unspecified atom stereocenters. The first kappa shape index (κ1) is 7.82. The second kappa shape index (κ2) is 3.78. The second-order valence-electron chi connectivity index (χ2n) is 1.65. The molecule has 0 aliphatic heterocycles. The van der Waals surface area contributed by atoms with Crippen molar-refractivity contribution in [2.45, 2.75) is 6.92 Å². The van der Waals surface area contributed by atoms with E-state index in [1.165, 1.54) is 5.56 Å². The molecule has 1 rings (SSSR count). The molecular weight excluding hydrogens is 91.0 g/mol. The summed E-state index contributed by atoms with van der Waals surface area (Å²) < 4.78 is 0. The summed E-state index contributed by atoms with van der Waals surface area (Å²) in [5.41, 5.74) is 1.32. The van der Waals surface area contributed by atoms with E-state index in [0.29, 0.717) is 0 Å². The van der Waals surface area contributed by atoms with Crippen LogP contribution in [0.4, 0.5) is 0 Å². The first-order valence-corrected chi connectivity index (χ1v) is 2.41. The molecule has 0 spiro atoms. The molecule has 0 nitrogen and oxygen atoms in total. The van der Waals surface area contributed by atoms with Crippen molar-refractivity contribution in [2.75, 3.05) is 0 Å². The van der Waals surface area contributed by atoms with Crippen LogP contribution in [0.15, 0.2) is 30.3 Å². The molecule has 0 radical (unpaired) electrons. The number of hydrogen-bond acceptors (Lipinski definition) is 0. The number of rotatable bonds is 0. The fourth-order valence-electron chi connectivity index (χ4n) is 0.534. The van der Waals surface area contributed by atoms with Crippen molar-refractivity contribution in [1.29, 1.82) is 0 Å². The van der Waals surface area contributed by atoms with Crippen molar-refractivity contribution >= 4 is 0 Å². The predicted octanol–water partition coefficient (Wildman–Crippen LogP) is -1.00. The van der Waals surface area contributed by atoms with Crippen LogP contribution < -0.4 is 18.9 Å². The molecule has 1 aromatic rings. The first-order chi connectivity index (χ1) is 3.39. The van der Waals surface area contributed by atoms with Gasteiger partial charge in [-0.1, -0.05) is 35.9 Å². The minimum Gasteiger partial charge on any atom is -0.0622 e. The van der Waals surface area contributed by atoms with E-state index in [1.807, 2.05) is 18.2 Å². The van der Waals surface area contributed by atoms with Gasteiger partial charge in [-0.3, -0.25) is 0 Å². The summed E-state index contributed by atoms with van der Waals surface area (Å²) in [5.74, 6) is 0. The number of aryl methyl sites for hydroxylation is 1. The van der Waals surface area contributed by atoms with Gasteiger partial charge in [-0.05, 0) is 6.92 Å². The summed E-state index contributed by atoms with van der Waals surface area (Å²) in [5, 5.41) is 0. The SMILES string of the molecule is Cc1ccccc1.[Li+]. The average molecular weight is 99.1 g/mol. The summed E-state index contributed by atoms with van der Waals surface area (Å²) in [4.78, 5) is 0. The zero-order valence-corrected chi connectivity index (χ0v) is 5.39. The first-order valence-electron chi connectivity index (χ1n) is 2.41. The third-order valence-corrected chi connectivity index (χ3v) is 0.940. The molecule has 0 atom stereocenters. The van der Waals surface area contributed by atoms with Crippen LogP contribution in [0, 0.1) is 6.92 Å². The Bertz CT molecular complexity index is 134. The van der Waals surface area contributed by atoms with Crippen LogP contribution in [-0.4, -0.2) is 0 Å². The van der Waals surface area contributed by atoms with Gasteiger partial charge < -0.3 is 0 Å². The maximum Gasteiger partial charge on any atom is 1.00 e. The van der Waals surface area contributed by atoms with Crippen molar-refractivity contribution in [3.8, 4) is 0 Å². The molecule has 0 bridgehead atoms. The molecule has 0 heterocycles. The van der Waals surface area contributed by atoms with Gasteiger partial charge >= 0.3 is 18.9 Å². The minimum atomic E-state index is 0. The fraction of sp³-hybridized carbons (Fsp3) is 0.143. The van der Waals surface area contributed by atoms with E-state index in [9.17, 15) is 0 Å². The van der Waals surface area contributed by atoms with Crippen molar-refractivity contribution in [2.24, 2.45) is 0 Å². The summed E-state index contributed by atoms with van der Waals surface area (Å²) in [6, 6.07) is 10.3. The van der Waals surface area contributed by atoms with Crippen molar-refractivity contribution in [3.63, 3.8) is 0 Å². The van der Waals surface area contributed by atoms with Gasteiger partial charge in [0.2, 0.25) is 0 Å². The molecule has 0 aliphatic carbocycles. The normalized spacial score (nSPS) is 7.62. The summed E-state index contributed by atoms with van der Waals surface area (Å²) >= 11 is 0. The van der Waals surface area contributed by atoms with E-state index < -0.39 is 0 Å². The Morgan fingerprint density at radius 2 is 1.50 bits per heavy atom. The molecule has 0 saturated carbocycles. The third kappa shape index (κ3) is 2.21. The van der Waals surface area contributed by atoms with Crippen LogP contribution in [0.25, 0.3) is 0 Å². The summed E-state index contributed by atoms with van der Waals surface area (Å²) in [6.07, 6.45) is 0. The largest absolute Gasteiger partial charge is 1.00 e. The van der Waals surface area contributed by atoms with Gasteiger partial charge in [0.1, 0.15) is 0 Å². The molecule has 8 heavy (non-hydrogen) atoms. The van der Waals surface area contributed by atoms with Crippen LogP contribution in [0.2, 0.25) is 0 Å². The Balaban J connectivity index is 0.000000490. The van der Waals surface area contributed by atoms with E-state index in [1.54, 1.807) is 0 Å². The molecule has 0 amide bonds. The molecule has 1 aromatic carbocycles. The van der Waals surface area contributed by atoms with Gasteiger partial charge in [-0.25, -0.2) is 0 Å². The van der Waals surface area contributed by atoms with E-state index in [0.717, 1.165) is 0 Å². The second-order valence-corrected chi connectivity index (χ2v) is 1.65. The fourth-order valence-corrected chi connectivity index (χ4v) is 0.534. The van der Waals surface area contributed by atoms with Crippen LogP contribution in [0.3, 0.4) is 0 Å². The predicted molar refractivity (Wildman–Crippen MR) is 31.2 cm³/mol. The Morgan fingerprint density at radius 1 is 1.00 bits per heavy atom. The van der Waals surface area contributed by atoms with E-state index >= 15 is 0 Å². The topological polar surface area (TPSA) is 0 Å². The van der Waals surface area contributed by atoms with Crippen LogP contribution in [0.5, 0.6) is 0 Å². The quantitative estimate of drug-likeness (QED) is 0.366. The number of hydrogen-bond donors (Lipinski definition) is 0.